The summed E-state index contributed by atoms with van der Waals surface area (Å²) < 4.78 is 5.20. The predicted molar refractivity (Wildman–Crippen MR) is 111 cm³/mol. The van der Waals surface area contributed by atoms with Gasteiger partial charge >= 0.3 is 5.97 Å². The molecule has 0 N–H and O–H groups in total. The average molecular weight is 401 g/mol. The number of carbonyl (C=O) groups excluding carboxylic acids is 2. The summed E-state index contributed by atoms with van der Waals surface area (Å²) >= 11 is 6.25. The number of rotatable bonds is 5. The SMILES string of the molecule is Cc1ccc(CC(=O)OCC(=O)N2CCN(c3ccccc3Cl)CC2)cc1C. The van der Waals surface area contributed by atoms with Crippen LogP contribution in [0.4, 0.5) is 5.69 Å². The van der Waals surface area contributed by atoms with Crippen molar-refractivity contribution in [1.82, 2.24) is 4.90 Å². The van der Waals surface area contributed by atoms with Crippen molar-refractivity contribution in [3.05, 3.63) is 64.2 Å². The zero-order valence-electron chi connectivity index (χ0n) is 16.3. The Hall–Kier alpha value is -2.53. The highest BCUT2D eigenvalue weighted by Crippen LogP contribution is 2.26. The summed E-state index contributed by atoms with van der Waals surface area (Å²) in [5.41, 5.74) is 4.20. The van der Waals surface area contributed by atoms with Gasteiger partial charge in [-0.2, -0.15) is 0 Å². The van der Waals surface area contributed by atoms with Crippen LogP contribution in [0.3, 0.4) is 0 Å². The Labute approximate surface area is 170 Å². The molecule has 1 heterocycles. The third-order valence-electron chi connectivity index (χ3n) is 5.10. The fourth-order valence-corrected chi connectivity index (χ4v) is 3.52. The van der Waals surface area contributed by atoms with Crippen molar-refractivity contribution >= 4 is 29.2 Å². The van der Waals surface area contributed by atoms with E-state index in [9.17, 15) is 9.59 Å². The zero-order chi connectivity index (χ0) is 20.1. The molecular weight excluding hydrogens is 376 g/mol. The number of ether oxygens (including phenoxy) is 1. The van der Waals surface area contributed by atoms with Crippen molar-refractivity contribution in [2.45, 2.75) is 20.3 Å². The minimum atomic E-state index is -0.383. The molecule has 3 rings (SSSR count). The van der Waals surface area contributed by atoms with Crippen LogP contribution in [0.15, 0.2) is 42.5 Å². The van der Waals surface area contributed by atoms with E-state index >= 15 is 0 Å². The van der Waals surface area contributed by atoms with Gasteiger partial charge in [-0.05, 0) is 42.7 Å². The molecule has 0 aromatic heterocycles. The van der Waals surface area contributed by atoms with Crippen LogP contribution in [-0.4, -0.2) is 49.6 Å². The van der Waals surface area contributed by atoms with E-state index < -0.39 is 0 Å². The number of halogens is 1. The zero-order valence-corrected chi connectivity index (χ0v) is 17.0. The third kappa shape index (κ3) is 5.04. The highest BCUT2D eigenvalue weighted by atomic mass is 35.5. The molecule has 28 heavy (non-hydrogen) atoms. The van der Waals surface area contributed by atoms with Gasteiger partial charge in [0.05, 0.1) is 17.1 Å². The molecular formula is C22H25ClN2O3. The summed E-state index contributed by atoms with van der Waals surface area (Å²) in [6, 6.07) is 13.6. The topological polar surface area (TPSA) is 49.9 Å². The molecule has 0 unspecified atom stereocenters. The van der Waals surface area contributed by atoms with Gasteiger partial charge < -0.3 is 14.5 Å². The quantitative estimate of drug-likeness (QED) is 0.722. The number of nitrogens with zero attached hydrogens (tertiary/aromatic N) is 2. The van der Waals surface area contributed by atoms with Crippen LogP contribution in [-0.2, 0) is 20.7 Å². The van der Waals surface area contributed by atoms with E-state index in [0.717, 1.165) is 16.8 Å². The molecule has 0 spiro atoms. The molecule has 0 atom stereocenters. The molecule has 148 valence electrons. The second-order valence-corrected chi connectivity index (χ2v) is 7.48. The maximum absolute atomic E-state index is 12.4. The molecule has 1 saturated heterocycles. The monoisotopic (exact) mass is 400 g/mol. The van der Waals surface area contributed by atoms with Gasteiger partial charge in [0.1, 0.15) is 0 Å². The average Bonchev–Trinajstić information content (AvgIpc) is 2.69. The summed E-state index contributed by atoms with van der Waals surface area (Å²) in [7, 11) is 0. The number of para-hydroxylation sites is 1. The second kappa shape index (κ2) is 9.11. The van der Waals surface area contributed by atoms with Gasteiger partial charge in [0.25, 0.3) is 5.91 Å². The van der Waals surface area contributed by atoms with Crippen molar-refractivity contribution in [1.29, 1.82) is 0 Å². The van der Waals surface area contributed by atoms with Gasteiger partial charge in [-0.25, -0.2) is 0 Å². The Morgan fingerprint density at radius 1 is 1.00 bits per heavy atom. The van der Waals surface area contributed by atoms with Crippen LogP contribution in [0.25, 0.3) is 0 Å². The maximum atomic E-state index is 12.4. The van der Waals surface area contributed by atoms with Gasteiger partial charge in [-0.3, -0.25) is 9.59 Å². The summed E-state index contributed by atoms with van der Waals surface area (Å²) in [5.74, 6) is -0.543. The normalized spacial score (nSPS) is 14.1. The van der Waals surface area contributed by atoms with E-state index in [-0.39, 0.29) is 24.9 Å². The van der Waals surface area contributed by atoms with Gasteiger partial charge in [0.15, 0.2) is 6.61 Å². The Morgan fingerprint density at radius 3 is 2.39 bits per heavy atom. The molecule has 1 aliphatic heterocycles. The first kappa shape index (κ1) is 20.2. The molecule has 5 nitrogen and oxygen atoms in total. The van der Waals surface area contributed by atoms with Crippen molar-refractivity contribution in [3.63, 3.8) is 0 Å². The lowest BCUT2D eigenvalue weighted by Gasteiger charge is -2.36. The number of hydrogen-bond acceptors (Lipinski definition) is 4. The number of hydrogen-bond donors (Lipinski definition) is 0. The number of esters is 1. The van der Waals surface area contributed by atoms with Crippen LogP contribution >= 0.6 is 11.6 Å². The highest BCUT2D eigenvalue weighted by molar-refractivity contribution is 6.33. The fraction of sp³-hybridized carbons (Fsp3) is 0.364. The highest BCUT2D eigenvalue weighted by Gasteiger charge is 2.23. The molecule has 0 bridgehead atoms. The van der Waals surface area contributed by atoms with Crippen molar-refractivity contribution < 1.29 is 14.3 Å². The molecule has 0 aliphatic carbocycles. The van der Waals surface area contributed by atoms with Crippen LogP contribution in [0, 0.1) is 13.8 Å². The lowest BCUT2D eigenvalue weighted by atomic mass is 10.0. The second-order valence-electron chi connectivity index (χ2n) is 7.08. The number of anilines is 1. The summed E-state index contributed by atoms with van der Waals surface area (Å²) in [6.45, 7) is 6.39. The first-order valence-electron chi connectivity index (χ1n) is 9.43. The summed E-state index contributed by atoms with van der Waals surface area (Å²) in [4.78, 5) is 28.3. The molecule has 2 aromatic rings. The number of amides is 1. The maximum Gasteiger partial charge on any atom is 0.310 e. The Balaban J connectivity index is 1.45. The number of aryl methyl sites for hydroxylation is 2. The molecule has 0 radical (unpaired) electrons. The van der Waals surface area contributed by atoms with E-state index in [0.29, 0.717) is 31.2 Å². The number of piperazine rings is 1. The van der Waals surface area contributed by atoms with E-state index in [4.69, 9.17) is 16.3 Å². The van der Waals surface area contributed by atoms with E-state index in [2.05, 4.69) is 4.90 Å². The number of carbonyl (C=O) groups is 2. The first-order chi connectivity index (χ1) is 13.4. The third-order valence-corrected chi connectivity index (χ3v) is 5.42. The van der Waals surface area contributed by atoms with Gasteiger partial charge in [-0.1, -0.05) is 41.9 Å². The van der Waals surface area contributed by atoms with Crippen LogP contribution in [0.1, 0.15) is 16.7 Å². The molecule has 1 fully saturated rings. The van der Waals surface area contributed by atoms with E-state index in [1.54, 1.807) is 4.90 Å². The largest absolute Gasteiger partial charge is 0.455 e. The van der Waals surface area contributed by atoms with Crippen molar-refractivity contribution in [2.24, 2.45) is 0 Å². The Kier molecular flexibility index (Phi) is 6.57. The molecule has 1 amide bonds. The standard InChI is InChI=1S/C22H25ClN2O3/c1-16-7-8-18(13-17(16)2)14-22(27)28-15-21(26)25-11-9-24(10-12-25)20-6-4-3-5-19(20)23/h3-8,13H,9-12,14-15H2,1-2H3. The Bertz CT molecular complexity index is 861. The Morgan fingerprint density at radius 2 is 1.71 bits per heavy atom. The minimum Gasteiger partial charge on any atom is -0.455 e. The van der Waals surface area contributed by atoms with Crippen LogP contribution in [0.2, 0.25) is 5.02 Å². The van der Waals surface area contributed by atoms with Crippen molar-refractivity contribution in [3.8, 4) is 0 Å². The van der Waals surface area contributed by atoms with E-state index in [1.165, 1.54) is 5.56 Å². The lowest BCUT2D eigenvalue weighted by molar-refractivity contribution is -0.151. The smallest absolute Gasteiger partial charge is 0.310 e. The van der Waals surface area contributed by atoms with Gasteiger partial charge in [0.2, 0.25) is 0 Å². The first-order valence-corrected chi connectivity index (χ1v) is 9.81. The fourth-order valence-electron chi connectivity index (χ4n) is 3.27. The molecule has 6 heteroatoms. The van der Waals surface area contributed by atoms with Gasteiger partial charge in [-0.15, -0.1) is 0 Å². The van der Waals surface area contributed by atoms with Crippen molar-refractivity contribution in [2.75, 3.05) is 37.7 Å². The molecule has 0 saturated carbocycles. The minimum absolute atomic E-state index is 0.160. The lowest BCUT2D eigenvalue weighted by Crippen LogP contribution is -2.50. The van der Waals surface area contributed by atoms with Crippen LogP contribution < -0.4 is 4.90 Å². The summed E-state index contributed by atoms with van der Waals surface area (Å²) in [6.07, 6.45) is 0.175. The number of benzene rings is 2. The predicted octanol–water partition coefficient (Wildman–Crippen LogP) is 3.39. The molecule has 2 aromatic carbocycles. The molecule has 1 aliphatic rings. The van der Waals surface area contributed by atoms with Gasteiger partial charge in [0, 0.05) is 26.2 Å². The summed E-state index contributed by atoms with van der Waals surface area (Å²) in [5, 5.41) is 0.711. The van der Waals surface area contributed by atoms with E-state index in [1.807, 2.05) is 56.3 Å². The van der Waals surface area contributed by atoms with Crippen LogP contribution in [0.5, 0.6) is 0 Å².